The summed E-state index contributed by atoms with van der Waals surface area (Å²) < 4.78 is 13.1. The highest BCUT2D eigenvalue weighted by Gasteiger charge is 2.25. The molecule has 2 aromatic carbocycles. The molecule has 2 saturated heterocycles. The fraction of sp³-hybridized carbons (Fsp3) is 0.391. The predicted octanol–water partition coefficient (Wildman–Crippen LogP) is 1.40. The number of carbonyl (C=O) groups is 2. The zero-order valence-corrected chi connectivity index (χ0v) is 17.5. The van der Waals surface area contributed by atoms with Crippen molar-refractivity contribution in [3.8, 4) is 0 Å². The van der Waals surface area contributed by atoms with Crippen LogP contribution >= 0.6 is 0 Å². The highest BCUT2D eigenvalue weighted by molar-refractivity contribution is 5.93. The number of carbonyl (C=O) groups excluding carboxylic acids is 2. The summed E-state index contributed by atoms with van der Waals surface area (Å²) in [6, 6.07) is 13.8. The number of primary amides is 1. The molecule has 4 rings (SSSR count). The molecule has 2 N–H and O–H groups in total. The Morgan fingerprint density at radius 3 is 1.74 bits per heavy atom. The van der Waals surface area contributed by atoms with Crippen LogP contribution in [-0.2, 0) is 4.79 Å². The number of halogens is 1. The number of nitrogens with zero attached hydrogens (tertiary/aromatic N) is 4. The molecule has 2 amide bonds. The first kappa shape index (κ1) is 21.1. The Labute approximate surface area is 181 Å². The normalized spacial score (nSPS) is 17.6. The smallest absolute Gasteiger partial charge is 0.248 e. The van der Waals surface area contributed by atoms with Crippen LogP contribution in [0.2, 0.25) is 0 Å². The molecular formula is C23H28FN5O2. The van der Waals surface area contributed by atoms with E-state index < -0.39 is 5.91 Å². The van der Waals surface area contributed by atoms with E-state index in [2.05, 4.69) is 14.7 Å². The standard InChI is InChI=1S/C23H28FN5O2/c24-19-3-7-21(8-4-19)28-13-15-29(16-14-28)22(30)17-26-9-11-27(12-10-26)20-5-1-18(2-6-20)23(25)31/h1-8H,9-17H2,(H2,25,31). The van der Waals surface area contributed by atoms with E-state index in [4.69, 9.17) is 5.73 Å². The van der Waals surface area contributed by atoms with E-state index >= 15 is 0 Å². The molecule has 2 heterocycles. The van der Waals surface area contributed by atoms with Gasteiger partial charge >= 0.3 is 0 Å². The van der Waals surface area contributed by atoms with Crippen molar-refractivity contribution in [3.63, 3.8) is 0 Å². The van der Waals surface area contributed by atoms with Gasteiger partial charge in [0.05, 0.1) is 6.54 Å². The maximum Gasteiger partial charge on any atom is 0.248 e. The van der Waals surface area contributed by atoms with E-state index in [0.717, 1.165) is 50.6 Å². The third-order valence-electron chi connectivity index (χ3n) is 6.07. The lowest BCUT2D eigenvalue weighted by Crippen LogP contribution is -2.54. The molecule has 2 fully saturated rings. The number of benzene rings is 2. The van der Waals surface area contributed by atoms with Crippen LogP contribution < -0.4 is 15.5 Å². The summed E-state index contributed by atoms with van der Waals surface area (Å²) in [5.41, 5.74) is 7.86. The van der Waals surface area contributed by atoms with Gasteiger partial charge in [-0.05, 0) is 48.5 Å². The summed E-state index contributed by atoms with van der Waals surface area (Å²) in [5.74, 6) is -0.494. The SMILES string of the molecule is NC(=O)c1ccc(N2CCN(CC(=O)N3CCN(c4ccc(F)cc4)CC3)CC2)cc1. The van der Waals surface area contributed by atoms with Gasteiger partial charge < -0.3 is 20.4 Å². The summed E-state index contributed by atoms with van der Waals surface area (Å²) in [7, 11) is 0. The number of rotatable bonds is 5. The fourth-order valence-corrected chi connectivity index (χ4v) is 4.16. The van der Waals surface area contributed by atoms with Crippen molar-refractivity contribution in [3.05, 3.63) is 59.9 Å². The summed E-state index contributed by atoms with van der Waals surface area (Å²) >= 11 is 0. The zero-order chi connectivity index (χ0) is 21.8. The van der Waals surface area contributed by atoms with Crippen molar-refractivity contribution in [2.75, 3.05) is 68.7 Å². The van der Waals surface area contributed by atoms with Gasteiger partial charge in [-0.1, -0.05) is 0 Å². The van der Waals surface area contributed by atoms with Gasteiger partial charge in [-0.2, -0.15) is 0 Å². The maximum atomic E-state index is 13.1. The highest BCUT2D eigenvalue weighted by atomic mass is 19.1. The fourth-order valence-electron chi connectivity index (χ4n) is 4.16. The summed E-state index contributed by atoms with van der Waals surface area (Å²) in [6.45, 7) is 6.62. The van der Waals surface area contributed by atoms with Crippen LogP contribution in [0.1, 0.15) is 10.4 Å². The number of hydrogen-bond donors (Lipinski definition) is 1. The highest BCUT2D eigenvalue weighted by Crippen LogP contribution is 2.19. The maximum absolute atomic E-state index is 13.1. The molecule has 2 aromatic rings. The van der Waals surface area contributed by atoms with Gasteiger partial charge in [-0.25, -0.2) is 4.39 Å². The second-order valence-electron chi connectivity index (χ2n) is 8.02. The Balaban J connectivity index is 1.22. The van der Waals surface area contributed by atoms with Crippen molar-refractivity contribution in [2.24, 2.45) is 5.73 Å². The molecule has 0 bridgehead atoms. The minimum absolute atomic E-state index is 0.165. The van der Waals surface area contributed by atoms with Gasteiger partial charge in [-0.15, -0.1) is 0 Å². The third-order valence-corrected chi connectivity index (χ3v) is 6.07. The van der Waals surface area contributed by atoms with Crippen molar-refractivity contribution in [2.45, 2.75) is 0 Å². The van der Waals surface area contributed by atoms with E-state index in [1.807, 2.05) is 17.0 Å². The lowest BCUT2D eigenvalue weighted by Gasteiger charge is -2.39. The molecule has 0 unspecified atom stereocenters. The number of nitrogens with two attached hydrogens (primary N) is 1. The predicted molar refractivity (Wildman–Crippen MR) is 119 cm³/mol. The first-order valence-corrected chi connectivity index (χ1v) is 10.6. The van der Waals surface area contributed by atoms with Gasteiger partial charge in [0.15, 0.2) is 0 Å². The molecule has 2 aliphatic heterocycles. The minimum atomic E-state index is -0.423. The topological polar surface area (TPSA) is 73.1 Å². The van der Waals surface area contributed by atoms with Crippen LogP contribution in [0.25, 0.3) is 0 Å². The molecule has 0 radical (unpaired) electrons. The van der Waals surface area contributed by atoms with Gasteiger partial charge in [0.2, 0.25) is 11.8 Å². The molecule has 0 saturated carbocycles. The molecule has 0 aromatic heterocycles. The van der Waals surface area contributed by atoms with Crippen LogP contribution in [0.3, 0.4) is 0 Å². The van der Waals surface area contributed by atoms with Crippen molar-refractivity contribution >= 4 is 23.2 Å². The van der Waals surface area contributed by atoms with Crippen LogP contribution in [0.4, 0.5) is 15.8 Å². The monoisotopic (exact) mass is 425 g/mol. The Bertz CT molecular complexity index is 903. The van der Waals surface area contributed by atoms with Crippen LogP contribution in [0.15, 0.2) is 48.5 Å². The first-order valence-electron chi connectivity index (χ1n) is 10.6. The molecule has 8 heteroatoms. The Morgan fingerprint density at radius 1 is 0.742 bits per heavy atom. The van der Waals surface area contributed by atoms with E-state index in [1.165, 1.54) is 12.1 Å². The lowest BCUT2D eigenvalue weighted by molar-refractivity contribution is -0.132. The van der Waals surface area contributed by atoms with Gasteiger partial charge in [-0.3, -0.25) is 14.5 Å². The molecule has 0 spiro atoms. The third kappa shape index (κ3) is 5.14. The number of anilines is 2. The quantitative estimate of drug-likeness (QED) is 0.784. The van der Waals surface area contributed by atoms with Crippen molar-refractivity contribution < 1.29 is 14.0 Å². The van der Waals surface area contributed by atoms with Gasteiger partial charge in [0.1, 0.15) is 5.82 Å². The minimum Gasteiger partial charge on any atom is -0.369 e. The van der Waals surface area contributed by atoms with E-state index in [0.29, 0.717) is 25.2 Å². The Hall–Kier alpha value is -3.13. The van der Waals surface area contributed by atoms with E-state index in [9.17, 15) is 14.0 Å². The Kier molecular flexibility index (Phi) is 6.36. The van der Waals surface area contributed by atoms with Crippen molar-refractivity contribution in [1.82, 2.24) is 9.80 Å². The van der Waals surface area contributed by atoms with Crippen molar-refractivity contribution in [1.29, 1.82) is 0 Å². The second kappa shape index (κ2) is 9.34. The van der Waals surface area contributed by atoms with Gasteiger partial charge in [0, 0.05) is 69.3 Å². The van der Waals surface area contributed by atoms with E-state index in [1.54, 1.807) is 24.3 Å². The van der Waals surface area contributed by atoms with Crippen LogP contribution in [0, 0.1) is 5.82 Å². The van der Waals surface area contributed by atoms with Crippen LogP contribution in [0.5, 0.6) is 0 Å². The first-order chi connectivity index (χ1) is 15.0. The lowest BCUT2D eigenvalue weighted by atomic mass is 10.1. The molecule has 0 aliphatic carbocycles. The molecule has 0 atom stereocenters. The molecule has 31 heavy (non-hydrogen) atoms. The average Bonchev–Trinajstić information content (AvgIpc) is 2.80. The number of piperazine rings is 2. The summed E-state index contributed by atoms with van der Waals surface area (Å²) in [4.78, 5) is 32.5. The Morgan fingerprint density at radius 2 is 1.23 bits per heavy atom. The molecule has 164 valence electrons. The summed E-state index contributed by atoms with van der Waals surface area (Å²) in [6.07, 6.45) is 0. The van der Waals surface area contributed by atoms with Crippen LogP contribution in [-0.4, -0.2) is 80.5 Å². The zero-order valence-electron chi connectivity index (χ0n) is 17.5. The largest absolute Gasteiger partial charge is 0.369 e. The van der Waals surface area contributed by atoms with Gasteiger partial charge in [0.25, 0.3) is 0 Å². The molecular weight excluding hydrogens is 397 g/mol. The number of hydrogen-bond acceptors (Lipinski definition) is 5. The molecule has 7 nitrogen and oxygen atoms in total. The average molecular weight is 426 g/mol. The summed E-state index contributed by atoms with van der Waals surface area (Å²) in [5, 5.41) is 0. The second-order valence-corrected chi connectivity index (χ2v) is 8.02. The molecule has 2 aliphatic rings. The number of amides is 2. The van der Waals surface area contributed by atoms with E-state index in [-0.39, 0.29) is 11.7 Å².